The number of hydrogen-bond acceptors (Lipinski definition) is 4. The van der Waals surface area contributed by atoms with Gasteiger partial charge >= 0.3 is 0 Å². The van der Waals surface area contributed by atoms with Crippen molar-refractivity contribution in [3.63, 3.8) is 0 Å². The summed E-state index contributed by atoms with van der Waals surface area (Å²) in [6.45, 7) is 0. The number of nitrogens with two attached hydrogens (primary N) is 1. The quantitative estimate of drug-likeness (QED) is 0.841. The standard InChI is InChI=1S/C14H15NO3/c1-16-11-4-6-12(7-5-11)18-13-8-3-10(15)9-14(13)17-2/h3-9H,15H2,1-2H3. The predicted molar refractivity (Wildman–Crippen MR) is 70.5 cm³/mol. The molecule has 2 N–H and O–H groups in total. The minimum atomic E-state index is 0.603. The number of rotatable bonds is 4. The van der Waals surface area contributed by atoms with Gasteiger partial charge in [-0.2, -0.15) is 0 Å². The lowest BCUT2D eigenvalue weighted by Crippen LogP contribution is -1.92. The largest absolute Gasteiger partial charge is 0.497 e. The molecule has 0 aliphatic rings. The number of methoxy groups -OCH3 is 2. The van der Waals surface area contributed by atoms with Crippen molar-refractivity contribution >= 4 is 5.69 Å². The molecule has 4 heteroatoms. The van der Waals surface area contributed by atoms with Crippen molar-refractivity contribution < 1.29 is 14.2 Å². The molecule has 0 atom stereocenters. The van der Waals surface area contributed by atoms with Gasteiger partial charge in [-0.3, -0.25) is 0 Å². The normalized spacial score (nSPS) is 9.89. The van der Waals surface area contributed by atoms with Crippen LogP contribution in [-0.4, -0.2) is 14.2 Å². The number of ether oxygens (including phenoxy) is 3. The molecule has 0 aromatic heterocycles. The van der Waals surface area contributed by atoms with E-state index in [-0.39, 0.29) is 0 Å². The predicted octanol–water partition coefficient (Wildman–Crippen LogP) is 3.08. The molecule has 2 aromatic rings. The Morgan fingerprint density at radius 1 is 0.778 bits per heavy atom. The molecule has 0 saturated heterocycles. The molecule has 2 aromatic carbocycles. The number of benzene rings is 2. The molecule has 2 rings (SSSR count). The zero-order valence-corrected chi connectivity index (χ0v) is 10.3. The third-order valence-corrected chi connectivity index (χ3v) is 2.47. The second-order valence-corrected chi connectivity index (χ2v) is 3.69. The Hall–Kier alpha value is -2.36. The van der Waals surface area contributed by atoms with Crippen molar-refractivity contribution in [1.29, 1.82) is 0 Å². The van der Waals surface area contributed by atoms with E-state index in [9.17, 15) is 0 Å². The van der Waals surface area contributed by atoms with E-state index in [2.05, 4.69) is 0 Å². The molecule has 0 radical (unpaired) electrons. The fourth-order valence-corrected chi connectivity index (χ4v) is 1.54. The zero-order chi connectivity index (χ0) is 13.0. The van der Waals surface area contributed by atoms with Crippen LogP contribution in [0.2, 0.25) is 0 Å². The fourth-order valence-electron chi connectivity index (χ4n) is 1.54. The highest BCUT2D eigenvalue weighted by Crippen LogP contribution is 2.33. The molecule has 0 fully saturated rings. The molecule has 0 heterocycles. The summed E-state index contributed by atoms with van der Waals surface area (Å²) in [5.74, 6) is 2.72. The molecular formula is C14H15NO3. The van der Waals surface area contributed by atoms with E-state index in [0.717, 1.165) is 5.75 Å². The average Bonchev–Trinajstić information content (AvgIpc) is 2.41. The van der Waals surface area contributed by atoms with Crippen LogP contribution in [0.1, 0.15) is 0 Å². The molecule has 0 unspecified atom stereocenters. The summed E-state index contributed by atoms with van der Waals surface area (Å²) in [4.78, 5) is 0. The average molecular weight is 245 g/mol. The van der Waals surface area contributed by atoms with E-state index in [1.807, 2.05) is 24.3 Å². The van der Waals surface area contributed by atoms with Crippen molar-refractivity contribution in [1.82, 2.24) is 0 Å². The number of nitrogen functional groups attached to an aromatic ring is 1. The summed E-state index contributed by atoms with van der Waals surface area (Å²) in [5.41, 5.74) is 6.32. The van der Waals surface area contributed by atoms with Gasteiger partial charge in [-0.15, -0.1) is 0 Å². The topological polar surface area (TPSA) is 53.7 Å². The second kappa shape index (κ2) is 5.31. The number of anilines is 1. The molecule has 0 aliphatic heterocycles. The van der Waals surface area contributed by atoms with Gasteiger partial charge in [0.1, 0.15) is 11.5 Å². The summed E-state index contributed by atoms with van der Waals surface area (Å²) in [6.07, 6.45) is 0. The third kappa shape index (κ3) is 2.66. The van der Waals surface area contributed by atoms with Crippen LogP contribution in [0.15, 0.2) is 42.5 Å². The Bertz CT molecular complexity index is 523. The van der Waals surface area contributed by atoms with Gasteiger partial charge in [0.2, 0.25) is 0 Å². The lowest BCUT2D eigenvalue weighted by Gasteiger charge is -2.11. The maximum atomic E-state index is 5.72. The summed E-state index contributed by atoms with van der Waals surface area (Å²) < 4.78 is 16.0. The van der Waals surface area contributed by atoms with Crippen molar-refractivity contribution in [3.05, 3.63) is 42.5 Å². The molecule has 94 valence electrons. The van der Waals surface area contributed by atoms with E-state index in [0.29, 0.717) is 22.9 Å². The van der Waals surface area contributed by atoms with E-state index in [4.69, 9.17) is 19.9 Å². The van der Waals surface area contributed by atoms with Crippen molar-refractivity contribution in [2.75, 3.05) is 20.0 Å². The van der Waals surface area contributed by atoms with Crippen LogP contribution in [0, 0.1) is 0 Å². The first-order valence-electron chi connectivity index (χ1n) is 5.48. The molecule has 0 saturated carbocycles. The molecule has 0 amide bonds. The molecule has 0 bridgehead atoms. The SMILES string of the molecule is COc1ccc(Oc2ccc(N)cc2OC)cc1. The first kappa shape index (κ1) is 12.1. The summed E-state index contributed by atoms with van der Waals surface area (Å²) in [7, 11) is 3.20. The molecule has 0 aliphatic carbocycles. The lowest BCUT2D eigenvalue weighted by atomic mass is 10.2. The Labute approximate surface area is 106 Å². The van der Waals surface area contributed by atoms with Crippen LogP contribution in [0.4, 0.5) is 5.69 Å². The van der Waals surface area contributed by atoms with Gasteiger partial charge in [0.15, 0.2) is 11.5 Å². The summed E-state index contributed by atoms with van der Waals surface area (Å²) in [6, 6.07) is 12.6. The highest BCUT2D eigenvalue weighted by Gasteiger charge is 2.06. The Morgan fingerprint density at radius 2 is 1.44 bits per heavy atom. The minimum Gasteiger partial charge on any atom is -0.497 e. The van der Waals surface area contributed by atoms with E-state index in [1.54, 1.807) is 32.4 Å². The monoisotopic (exact) mass is 245 g/mol. The summed E-state index contributed by atoms with van der Waals surface area (Å²) in [5, 5.41) is 0. The highest BCUT2D eigenvalue weighted by atomic mass is 16.5. The van der Waals surface area contributed by atoms with Gasteiger partial charge in [-0.1, -0.05) is 0 Å². The maximum Gasteiger partial charge on any atom is 0.169 e. The molecule has 4 nitrogen and oxygen atoms in total. The highest BCUT2D eigenvalue weighted by molar-refractivity contribution is 5.53. The van der Waals surface area contributed by atoms with Crippen LogP contribution >= 0.6 is 0 Å². The number of hydrogen-bond donors (Lipinski definition) is 1. The van der Waals surface area contributed by atoms with Gasteiger partial charge in [0, 0.05) is 11.8 Å². The second-order valence-electron chi connectivity index (χ2n) is 3.69. The Kier molecular flexibility index (Phi) is 3.57. The van der Waals surface area contributed by atoms with E-state index in [1.165, 1.54) is 0 Å². The van der Waals surface area contributed by atoms with Crippen molar-refractivity contribution in [2.24, 2.45) is 0 Å². The Balaban J connectivity index is 2.22. The first-order chi connectivity index (χ1) is 8.72. The fraction of sp³-hybridized carbons (Fsp3) is 0.143. The van der Waals surface area contributed by atoms with Gasteiger partial charge in [-0.25, -0.2) is 0 Å². The minimum absolute atomic E-state index is 0.603. The molecule has 0 spiro atoms. The molecule has 18 heavy (non-hydrogen) atoms. The van der Waals surface area contributed by atoms with Crippen LogP contribution in [-0.2, 0) is 0 Å². The van der Waals surface area contributed by atoms with Crippen molar-refractivity contribution in [2.45, 2.75) is 0 Å². The first-order valence-corrected chi connectivity index (χ1v) is 5.48. The van der Waals surface area contributed by atoms with Crippen LogP contribution in [0.5, 0.6) is 23.0 Å². The van der Waals surface area contributed by atoms with Crippen LogP contribution < -0.4 is 19.9 Å². The van der Waals surface area contributed by atoms with Gasteiger partial charge < -0.3 is 19.9 Å². The smallest absolute Gasteiger partial charge is 0.169 e. The van der Waals surface area contributed by atoms with E-state index < -0.39 is 0 Å². The van der Waals surface area contributed by atoms with E-state index >= 15 is 0 Å². The molecular weight excluding hydrogens is 230 g/mol. The van der Waals surface area contributed by atoms with Gasteiger partial charge in [-0.05, 0) is 36.4 Å². The van der Waals surface area contributed by atoms with Gasteiger partial charge in [0.05, 0.1) is 14.2 Å². The maximum absolute atomic E-state index is 5.72. The van der Waals surface area contributed by atoms with Gasteiger partial charge in [0.25, 0.3) is 0 Å². The zero-order valence-electron chi connectivity index (χ0n) is 10.3. The summed E-state index contributed by atoms with van der Waals surface area (Å²) >= 11 is 0. The van der Waals surface area contributed by atoms with Crippen LogP contribution in [0.3, 0.4) is 0 Å². The van der Waals surface area contributed by atoms with Crippen LogP contribution in [0.25, 0.3) is 0 Å². The Morgan fingerprint density at radius 3 is 2.06 bits per heavy atom. The van der Waals surface area contributed by atoms with Crippen molar-refractivity contribution in [3.8, 4) is 23.0 Å². The third-order valence-electron chi connectivity index (χ3n) is 2.47. The lowest BCUT2D eigenvalue weighted by molar-refractivity contribution is 0.378.